The maximum absolute atomic E-state index is 12.1. The standard InChI is InChI=1S/C12H9ClN2O2S2/c1-8-6-11(18-12(8)13)19(16,17)15-10-4-2-9(7-14)3-5-10/h2-6,15H,1H3. The minimum Gasteiger partial charge on any atom is -0.279 e. The van der Waals surface area contributed by atoms with Gasteiger partial charge in [-0.15, -0.1) is 11.3 Å². The van der Waals surface area contributed by atoms with E-state index in [0.29, 0.717) is 15.6 Å². The van der Waals surface area contributed by atoms with Gasteiger partial charge in [0.1, 0.15) is 4.21 Å². The average molecular weight is 313 g/mol. The van der Waals surface area contributed by atoms with Crippen LogP contribution in [0.1, 0.15) is 11.1 Å². The van der Waals surface area contributed by atoms with E-state index in [9.17, 15) is 8.42 Å². The summed E-state index contributed by atoms with van der Waals surface area (Å²) in [5.41, 5.74) is 1.60. The van der Waals surface area contributed by atoms with Crippen molar-refractivity contribution in [1.82, 2.24) is 0 Å². The van der Waals surface area contributed by atoms with Gasteiger partial charge in [0, 0.05) is 5.69 Å². The fourth-order valence-electron chi connectivity index (χ4n) is 1.38. The molecule has 7 heteroatoms. The molecule has 0 bridgehead atoms. The smallest absolute Gasteiger partial charge is 0.271 e. The molecule has 1 N–H and O–H groups in total. The van der Waals surface area contributed by atoms with Crippen molar-refractivity contribution in [2.75, 3.05) is 4.72 Å². The monoisotopic (exact) mass is 312 g/mol. The Labute approximate surface area is 120 Å². The predicted octanol–water partition coefficient (Wildman–Crippen LogP) is 3.38. The van der Waals surface area contributed by atoms with Crippen molar-refractivity contribution >= 4 is 38.6 Å². The van der Waals surface area contributed by atoms with Gasteiger partial charge in [-0.3, -0.25) is 4.72 Å². The number of thiophene rings is 1. The highest BCUT2D eigenvalue weighted by Crippen LogP contribution is 2.31. The second kappa shape index (κ2) is 5.21. The topological polar surface area (TPSA) is 70.0 Å². The molecular weight excluding hydrogens is 304 g/mol. The van der Waals surface area contributed by atoms with E-state index in [1.807, 2.05) is 6.07 Å². The first-order valence-electron chi connectivity index (χ1n) is 5.21. The number of rotatable bonds is 3. The predicted molar refractivity (Wildman–Crippen MR) is 76.0 cm³/mol. The number of aryl methyl sites for hydroxylation is 1. The largest absolute Gasteiger partial charge is 0.279 e. The third-order valence-corrected chi connectivity index (χ3v) is 5.78. The zero-order valence-electron chi connectivity index (χ0n) is 9.84. The first kappa shape index (κ1) is 13.9. The molecular formula is C12H9ClN2O2S2. The lowest BCUT2D eigenvalue weighted by Gasteiger charge is -2.05. The molecule has 0 aliphatic heterocycles. The Morgan fingerprint density at radius 3 is 2.42 bits per heavy atom. The Hall–Kier alpha value is -1.55. The molecule has 4 nitrogen and oxygen atoms in total. The lowest BCUT2D eigenvalue weighted by Crippen LogP contribution is -2.11. The third-order valence-electron chi connectivity index (χ3n) is 2.37. The Morgan fingerprint density at radius 1 is 1.32 bits per heavy atom. The molecule has 0 fully saturated rings. The van der Waals surface area contributed by atoms with Crippen molar-refractivity contribution in [1.29, 1.82) is 5.26 Å². The van der Waals surface area contributed by atoms with Gasteiger partial charge in [0.25, 0.3) is 10.0 Å². The molecule has 19 heavy (non-hydrogen) atoms. The zero-order chi connectivity index (χ0) is 14.0. The maximum Gasteiger partial charge on any atom is 0.271 e. The lowest BCUT2D eigenvalue weighted by atomic mass is 10.2. The third kappa shape index (κ3) is 3.07. The van der Waals surface area contributed by atoms with Crippen LogP contribution < -0.4 is 4.72 Å². The van der Waals surface area contributed by atoms with Crippen molar-refractivity contribution in [3.05, 3.63) is 45.8 Å². The quantitative estimate of drug-likeness (QED) is 0.944. The van der Waals surface area contributed by atoms with Crippen molar-refractivity contribution in [3.63, 3.8) is 0 Å². The van der Waals surface area contributed by atoms with Gasteiger partial charge >= 0.3 is 0 Å². The van der Waals surface area contributed by atoms with Crippen molar-refractivity contribution < 1.29 is 8.42 Å². The Bertz CT molecular complexity index is 724. The summed E-state index contributed by atoms with van der Waals surface area (Å²) in [6, 6.07) is 9.67. The highest BCUT2D eigenvalue weighted by Gasteiger charge is 2.18. The minimum absolute atomic E-state index is 0.166. The molecule has 2 aromatic rings. The number of benzene rings is 1. The number of nitriles is 1. The summed E-state index contributed by atoms with van der Waals surface area (Å²) < 4.78 is 27.3. The zero-order valence-corrected chi connectivity index (χ0v) is 12.2. The average Bonchev–Trinajstić information content (AvgIpc) is 2.71. The van der Waals surface area contributed by atoms with Gasteiger partial charge in [0.2, 0.25) is 0 Å². The van der Waals surface area contributed by atoms with Gasteiger partial charge in [-0.1, -0.05) is 11.6 Å². The summed E-state index contributed by atoms with van der Waals surface area (Å²) in [4.78, 5) is 0. The van der Waals surface area contributed by atoms with E-state index in [4.69, 9.17) is 16.9 Å². The van der Waals surface area contributed by atoms with E-state index in [-0.39, 0.29) is 4.21 Å². The normalized spacial score (nSPS) is 11.0. The van der Waals surface area contributed by atoms with Gasteiger partial charge < -0.3 is 0 Å². The van der Waals surface area contributed by atoms with E-state index in [2.05, 4.69) is 4.72 Å². The maximum atomic E-state index is 12.1. The van der Waals surface area contributed by atoms with Crippen LogP contribution in [0.25, 0.3) is 0 Å². The first-order valence-corrected chi connectivity index (χ1v) is 7.89. The Kier molecular flexibility index (Phi) is 3.80. The highest BCUT2D eigenvalue weighted by molar-refractivity contribution is 7.94. The lowest BCUT2D eigenvalue weighted by molar-refractivity contribution is 0.603. The van der Waals surface area contributed by atoms with E-state index >= 15 is 0 Å². The van der Waals surface area contributed by atoms with Crippen LogP contribution in [0.15, 0.2) is 34.5 Å². The molecule has 0 aliphatic carbocycles. The second-order valence-corrected chi connectivity index (χ2v) is 7.38. The molecule has 98 valence electrons. The molecule has 1 heterocycles. The van der Waals surface area contributed by atoms with Crippen LogP contribution in [0.5, 0.6) is 0 Å². The van der Waals surface area contributed by atoms with Gasteiger partial charge in [-0.2, -0.15) is 5.26 Å². The van der Waals surface area contributed by atoms with Crippen LogP contribution in [0.4, 0.5) is 5.69 Å². The fourth-order valence-corrected chi connectivity index (χ4v) is 4.15. The molecule has 2 rings (SSSR count). The summed E-state index contributed by atoms with van der Waals surface area (Å²) >= 11 is 6.88. The van der Waals surface area contributed by atoms with E-state index in [1.165, 1.54) is 18.2 Å². The first-order chi connectivity index (χ1) is 8.92. The molecule has 0 spiro atoms. The summed E-state index contributed by atoms with van der Waals surface area (Å²) in [5.74, 6) is 0. The number of anilines is 1. The number of hydrogen-bond donors (Lipinski definition) is 1. The van der Waals surface area contributed by atoms with Crippen LogP contribution in [0.2, 0.25) is 4.34 Å². The van der Waals surface area contributed by atoms with E-state index in [0.717, 1.165) is 16.9 Å². The number of hydrogen-bond acceptors (Lipinski definition) is 4. The number of nitrogens with zero attached hydrogens (tertiary/aromatic N) is 1. The molecule has 0 aliphatic rings. The van der Waals surface area contributed by atoms with Crippen molar-refractivity contribution in [2.24, 2.45) is 0 Å². The molecule has 0 amide bonds. The van der Waals surface area contributed by atoms with E-state index in [1.54, 1.807) is 19.1 Å². The SMILES string of the molecule is Cc1cc(S(=O)(=O)Nc2ccc(C#N)cc2)sc1Cl. The molecule has 1 aromatic carbocycles. The minimum atomic E-state index is -3.63. The molecule has 0 unspecified atom stereocenters. The summed E-state index contributed by atoms with van der Waals surface area (Å²) in [6.07, 6.45) is 0. The Morgan fingerprint density at radius 2 is 1.95 bits per heavy atom. The molecule has 0 radical (unpaired) electrons. The fraction of sp³-hybridized carbons (Fsp3) is 0.0833. The van der Waals surface area contributed by atoms with Gasteiger partial charge in [0.15, 0.2) is 0 Å². The van der Waals surface area contributed by atoms with Crippen molar-refractivity contribution in [2.45, 2.75) is 11.1 Å². The number of sulfonamides is 1. The van der Waals surface area contributed by atoms with Gasteiger partial charge in [-0.05, 0) is 42.8 Å². The second-order valence-electron chi connectivity index (χ2n) is 3.82. The number of nitrogens with one attached hydrogen (secondary N) is 1. The van der Waals surface area contributed by atoms with Crippen LogP contribution in [0.3, 0.4) is 0 Å². The van der Waals surface area contributed by atoms with Crippen LogP contribution in [-0.4, -0.2) is 8.42 Å². The highest BCUT2D eigenvalue weighted by atomic mass is 35.5. The van der Waals surface area contributed by atoms with Gasteiger partial charge in [-0.25, -0.2) is 8.42 Å². The summed E-state index contributed by atoms with van der Waals surface area (Å²) in [5, 5.41) is 8.67. The van der Waals surface area contributed by atoms with Crippen LogP contribution in [0, 0.1) is 18.3 Å². The molecule has 0 saturated carbocycles. The summed E-state index contributed by atoms with van der Waals surface area (Å²) in [7, 11) is -3.63. The van der Waals surface area contributed by atoms with Crippen molar-refractivity contribution in [3.8, 4) is 6.07 Å². The molecule has 0 saturated heterocycles. The van der Waals surface area contributed by atoms with Gasteiger partial charge in [0.05, 0.1) is 16.0 Å². The summed E-state index contributed by atoms with van der Waals surface area (Å²) in [6.45, 7) is 1.75. The van der Waals surface area contributed by atoms with E-state index < -0.39 is 10.0 Å². The van der Waals surface area contributed by atoms with Crippen LogP contribution >= 0.6 is 22.9 Å². The van der Waals surface area contributed by atoms with Crippen LogP contribution in [-0.2, 0) is 10.0 Å². The number of halogens is 1. The Balaban J connectivity index is 2.28. The molecule has 1 aromatic heterocycles. The molecule has 0 atom stereocenters.